The van der Waals surface area contributed by atoms with Gasteiger partial charge in [-0.05, 0) is 42.3 Å². The summed E-state index contributed by atoms with van der Waals surface area (Å²) >= 11 is 0. The Morgan fingerprint density at radius 2 is 1.59 bits per heavy atom. The topological polar surface area (TPSA) is 85.4 Å². The van der Waals surface area contributed by atoms with Crippen molar-refractivity contribution >= 4 is 17.8 Å². The number of amides is 2. The highest BCUT2D eigenvalue weighted by atomic mass is 16.5. The van der Waals surface area contributed by atoms with Crippen LogP contribution in [0.5, 0.6) is 17.2 Å². The van der Waals surface area contributed by atoms with Crippen LogP contribution < -0.4 is 14.2 Å². The fraction of sp³-hybridized carbons (Fsp3) is 0.375. The number of hydrogen-bond donors (Lipinski definition) is 0. The van der Waals surface area contributed by atoms with Gasteiger partial charge in [-0.15, -0.1) is 0 Å². The molecule has 2 aromatic carbocycles. The van der Waals surface area contributed by atoms with Crippen LogP contribution in [-0.2, 0) is 16.0 Å². The Bertz CT molecular complexity index is 990. The highest BCUT2D eigenvalue weighted by Crippen LogP contribution is 2.28. The number of benzene rings is 2. The zero-order valence-electron chi connectivity index (χ0n) is 18.6. The van der Waals surface area contributed by atoms with Gasteiger partial charge in [0.2, 0.25) is 5.91 Å². The number of carbonyl (C=O) groups excluding carboxylic acids is 3. The average Bonchev–Trinajstić information content (AvgIpc) is 3.04. The summed E-state index contributed by atoms with van der Waals surface area (Å²) in [6, 6.07) is 12.0. The standard InChI is InChI=1S/C24H28N2O6/c1-17(27)32-20-7-4-6-19(16-20)24(29)26-11-5-10-25(12-13-26)23(28)15-18-8-9-21(30-2)22(14-18)31-3/h4,6-9,14,16H,5,10-13,15H2,1-3H3. The fourth-order valence-electron chi connectivity index (χ4n) is 3.69. The van der Waals surface area contributed by atoms with E-state index in [9.17, 15) is 14.4 Å². The first-order valence-corrected chi connectivity index (χ1v) is 10.5. The minimum atomic E-state index is -0.437. The average molecular weight is 440 g/mol. The van der Waals surface area contributed by atoms with Gasteiger partial charge in [0, 0.05) is 38.7 Å². The summed E-state index contributed by atoms with van der Waals surface area (Å²) in [4.78, 5) is 40.5. The zero-order valence-corrected chi connectivity index (χ0v) is 18.6. The molecule has 2 amide bonds. The molecular weight excluding hydrogens is 412 g/mol. The van der Waals surface area contributed by atoms with Crippen LogP contribution in [0.1, 0.15) is 29.3 Å². The van der Waals surface area contributed by atoms with Gasteiger partial charge in [-0.2, -0.15) is 0 Å². The van der Waals surface area contributed by atoms with Gasteiger partial charge >= 0.3 is 5.97 Å². The van der Waals surface area contributed by atoms with E-state index >= 15 is 0 Å². The highest BCUT2D eigenvalue weighted by Gasteiger charge is 2.23. The summed E-state index contributed by atoms with van der Waals surface area (Å²) in [5.41, 5.74) is 1.29. The SMILES string of the molecule is COc1ccc(CC(=O)N2CCCN(C(=O)c3cccc(OC(C)=O)c3)CC2)cc1OC. The molecule has 0 bridgehead atoms. The first-order valence-electron chi connectivity index (χ1n) is 10.5. The molecule has 0 unspecified atom stereocenters. The van der Waals surface area contributed by atoms with Gasteiger partial charge in [0.05, 0.1) is 20.6 Å². The maximum atomic E-state index is 12.9. The second-order valence-corrected chi connectivity index (χ2v) is 7.51. The lowest BCUT2D eigenvalue weighted by Gasteiger charge is -2.22. The molecule has 0 aromatic heterocycles. The molecule has 0 aliphatic carbocycles. The van der Waals surface area contributed by atoms with Crippen molar-refractivity contribution in [1.82, 2.24) is 9.80 Å². The summed E-state index contributed by atoms with van der Waals surface area (Å²) in [5.74, 6) is 0.960. The van der Waals surface area contributed by atoms with Crippen molar-refractivity contribution in [1.29, 1.82) is 0 Å². The van der Waals surface area contributed by atoms with Crippen LogP contribution in [0.4, 0.5) is 0 Å². The quantitative estimate of drug-likeness (QED) is 0.507. The molecule has 0 atom stereocenters. The predicted octanol–water partition coefficient (Wildman–Crippen LogP) is 2.55. The minimum Gasteiger partial charge on any atom is -0.493 e. The number of esters is 1. The number of hydrogen-bond acceptors (Lipinski definition) is 6. The molecule has 8 heteroatoms. The molecule has 0 N–H and O–H groups in total. The Kier molecular flexibility index (Phi) is 7.70. The Balaban J connectivity index is 1.61. The second-order valence-electron chi connectivity index (χ2n) is 7.51. The van der Waals surface area contributed by atoms with E-state index in [2.05, 4.69) is 0 Å². The first-order chi connectivity index (χ1) is 15.4. The van der Waals surface area contributed by atoms with Gasteiger partial charge in [-0.1, -0.05) is 12.1 Å². The van der Waals surface area contributed by atoms with Crippen LogP contribution >= 0.6 is 0 Å². The molecule has 1 saturated heterocycles. The molecule has 1 fully saturated rings. The van der Waals surface area contributed by atoms with Crippen molar-refractivity contribution in [3.05, 3.63) is 53.6 Å². The number of nitrogens with zero attached hydrogens (tertiary/aromatic N) is 2. The van der Waals surface area contributed by atoms with Crippen molar-refractivity contribution in [2.75, 3.05) is 40.4 Å². The molecule has 2 aromatic rings. The lowest BCUT2D eigenvalue weighted by atomic mass is 10.1. The van der Waals surface area contributed by atoms with Crippen molar-refractivity contribution in [3.63, 3.8) is 0 Å². The van der Waals surface area contributed by atoms with Crippen molar-refractivity contribution in [2.24, 2.45) is 0 Å². The van der Waals surface area contributed by atoms with Gasteiger partial charge in [-0.3, -0.25) is 14.4 Å². The maximum Gasteiger partial charge on any atom is 0.308 e. The van der Waals surface area contributed by atoms with Crippen molar-refractivity contribution in [2.45, 2.75) is 19.8 Å². The van der Waals surface area contributed by atoms with Gasteiger partial charge in [0.25, 0.3) is 5.91 Å². The van der Waals surface area contributed by atoms with Gasteiger partial charge < -0.3 is 24.0 Å². The molecule has 3 rings (SSSR count). The van der Waals surface area contributed by atoms with E-state index < -0.39 is 5.97 Å². The third-order valence-corrected chi connectivity index (χ3v) is 5.28. The molecule has 1 heterocycles. The second kappa shape index (κ2) is 10.7. The Morgan fingerprint density at radius 1 is 0.875 bits per heavy atom. The fourth-order valence-corrected chi connectivity index (χ4v) is 3.69. The minimum absolute atomic E-state index is 0.00312. The molecule has 0 radical (unpaired) electrons. The van der Waals surface area contributed by atoms with Crippen LogP contribution in [0.15, 0.2) is 42.5 Å². The molecule has 0 saturated carbocycles. The molecule has 1 aliphatic rings. The maximum absolute atomic E-state index is 12.9. The van der Waals surface area contributed by atoms with Crippen LogP contribution in [0.25, 0.3) is 0 Å². The summed E-state index contributed by atoms with van der Waals surface area (Å²) in [6.45, 7) is 3.35. The number of ether oxygens (including phenoxy) is 3. The Labute approximate surface area is 187 Å². The largest absolute Gasteiger partial charge is 0.493 e. The van der Waals surface area contributed by atoms with E-state index in [1.165, 1.54) is 6.92 Å². The predicted molar refractivity (Wildman–Crippen MR) is 118 cm³/mol. The summed E-state index contributed by atoms with van der Waals surface area (Å²) in [5, 5.41) is 0. The van der Waals surface area contributed by atoms with Gasteiger partial charge in [0.15, 0.2) is 11.5 Å². The number of carbonyl (C=O) groups is 3. The van der Waals surface area contributed by atoms with E-state index in [1.807, 2.05) is 6.07 Å². The summed E-state index contributed by atoms with van der Waals surface area (Å²) in [7, 11) is 3.13. The molecule has 8 nitrogen and oxygen atoms in total. The lowest BCUT2D eigenvalue weighted by Crippen LogP contribution is -2.38. The molecule has 0 spiro atoms. The molecule has 1 aliphatic heterocycles. The van der Waals surface area contributed by atoms with Crippen LogP contribution in [0, 0.1) is 0 Å². The smallest absolute Gasteiger partial charge is 0.308 e. The number of methoxy groups -OCH3 is 2. The zero-order chi connectivity index (χ0) is 23.1. The Hall–Kier alpha value is -3.55. The van der Waals surface area contributed by atoms with Crippen molar-refractivity contribution in [3.8, 4) is 17.2 Å². The summed E-state index contributed by atoms with van der Waals surface area (Å²) in [6.07, 6.45) is 0.936. The van der Waals surface area contributed by atoms with E-state index in [-0.39, 0.29) is 18.2 Å². The van der Waals surface area contributed by atoms with E-state index in [1.54, 1.807) is 60.4 Å². The molecule has 32 heavy (non-hydrogen) atoms. The highest BCUT2D eigenvalue weighted by molar-refractivity contribution is 5.94. The summed E-state index contributed by atoms with van der Waals surface area (Å²) < 4.78 is 15.6. The molecule has 170 valence electrons. The van der Waals surface area contributed by atoms with E-state index in [0.717, 1.165) is 5.56 Å². The molecular formula is C24H28N2O6. The van der Waals surface area contributed by atoms with Crippen LogP contribution in [0.3, 0.4) is 0 Å². The van der Waals surface area contributed by atoms with Crippen LogP contribution in [0.2, 0.25) is 0 Å². The first kappa shape index (κ1) is 23.1. The van der Waals surface area contributed by atoms with E-state index in [4.69, 9.17) is 14.2 Å². The van der Waals surface area contributed by atoms with E-state index in [0.29, 0.717) is 55.4 Å². The third-order valence-electron chi connectivity index (χ3n) is 5.28. The van der Waals surface area contributed by atoms with Crippen molar-refractivity contribution < 1.29 is 28.6 Å². The van der Waals surface area contributed by atoms with Crippen LogP contribution in [-0.4, -0.2) is 68.0 Å². The monoisotopic (exact) mass is 440 g/mol. The number of rotatable bonds is 6. The Morgan fingerprint density at radius 3 is 2.31 bits per heavy atom. The van der Waals surface area contributed by atoms with Gasteiger partial charge in [-0.25, -0.2) is 0 Å². The lowest BCUT2D eigenvalue weighted by molar-refractivity contribution is -0.132. The third kappa shape index (κ3) is 5.78. The van der Waals surface area contributed by atoms with Gasteiger partial charge in [0.1, 0.15) is 5.75 Å². The normalized spacial score (nSPS) is 13.8.